The number of amides is 1. The Balaban J connectivity index is 2.02. The Hall–Kier alpha value is -3.08. The average molecular weight is 433 g/mol. The van der Waals surface area contributed by atoms with E-state index in [2.05, 4.69) is 10.3 Å². The summed E-state index contributed by atoms with van der Waals surface area (Å²) in [4.78, 5) is 27.6. The van der Waals surface area contributed by atoms with Gasteiger partial charge in [-0.3, -0.25) is 14.9 Å². The van der Waals surface area contributed by atoms with E-state index in [-0.39, 0.29) is 41.1 Å². The van der Waals surface area contributed by atoms with Crippen LogP contribution in [0.25, 0.3) is 0 Å². The first-order chi connectivity index (χ1) is 13.5. The third-order valence-electron chi connectivity index (χ3n) is 3.62. The van der Waals surface area contributed by atoms with E-state index in [0.717, 1.165) is 24.3 Å². The van der Waals surface area contributed by atoms with Crippen LogP contribution in [0.15, 0.2) is 30.3 Å². The number of rotatable bonds is 7. The molecule has 0 aliphatic carbocycles. The third-order valence-corrected chi connectivity index (χ3v) is 3.95. The Bertz CT molecular complexity index is 922. The maximum atomic E-state index is 13.0. The van der Waals surface area contributed by atoms with Crippen LogP contribution >= 0.6 is 11.6 Å². The molecule has 1 amide bonds. The van der Waals surface area contributed by atoms with Crippen LogP contribution in [0.3, 0.4) is 0 Å². The molecule has 0 fully saturated rings. The molecule has 1 aromatic carbocycles. The maximum Gasteiger partial charge on any atom is 0.416 e. The smallest absolute Gasteiger partial charge is 0.416 e. The van der Waals surface area contributed by atoms with Crippen molar-refractivity contribution in [3.63, 3.8) is 0 Å². The lowest BCUT2D eigenvalue weighted by atomic mass is 10.2. The van der Waals surface area contributed by atoms with Crippen LogP contribution in [-0.2, 0) is 6.18 Å². The minimum absolute atomic E-state index is 0.0178. The molecule has 2 aromatic rings. The highest BCUT2D eigenvalue weighted by Crippen LogP contribution is 2.33. The number of carbonyl (C=O) groups is 1. The van der Waals surface area contributed by atoms with Crippen molar-refractivity contribution in [2.45, 2.75) is 6.18 Å². The summed E-state index contributed by atoms with van der Waals surface area (Å²) in [5.74, 6) is -0.887. The zero-order valence-corrected chi connectivity index (χ0v) is 16.0. The van der Waals surface area contributed by atoms with Gasteiger partial charge in [0.25, 0.3) is 11.6 Å². The van der Waals surface area contributed by atoms with E-state index >= 15 is 0 Å². The lowest BCUT2D eigenvalue weighted by Gasteiger charge is -2.16. The normalized spacial score (nSPS) is 11.1. The lowest BCUT2D eigenvalue weighted by molar-refractivity contribution is -0.384. The molecule has 0 saturated carbocycles. The summed E-state index contributed by atoms with van der Waals surface area (Å²) >= 11 is 5.88. The number of hydrogen-bond acceptors (Lipinski definition) is 6. The summed E-state index contributed by atoms with van der Waals surface area (Å²) in [6.07, 6.45) is -4.57. The van der Waals surface area contributed by atoms with Gasteiger partial charge >= 0.3 is 6.18 Å². The van der Waals surface area contributed by atoms with Crippen LogP contribution in [0.1, 0.15) is 15.9 Å². The summed E-state index contributed by atoms with van der Waals surface area (Å²) in [7, 11) is 3.07. The van der Waals surface area contributed by atoms with Gasteiger partial charge in [-0.25, -0.2) is 0 Å². The number of aromatic nitrogens is 1. The fraction of sp³-hybridized carbons (Fsp3) is 0.294. The Morgan fingerprint density at radius 1 is 1.31 bits per heavy atom. The van der Waals surface area contributed by atoms with Gasteiger partial charge in [-0.1, -0.05) is 11.6 Å². The van der Waals surface area contributed by atoms with Crippen LogP contribution in [0.2, 0.25) is 5.02 Å². The number of nitrogens with zero attached hydrogens (tertiary/aromatic N) is 3. The summed E-state index contributed by atoms with van der Waals surface area (Å²) in [6.45, 7) is -0.271. The Labute approximate surface area is 168 Å². The predicted molar refractivity (Wildman–Crippen MR) is 99.5 cm³/mol. The molecule has 0 radical (unpaired) electrons. The highest BCUT2D eigenvalue weighted by atomic mass is 35.5. The number of alkyl halides is 3. The zero-order chi connectivity index (χ0) is 21.8. The average Bonchev–Trinajstić information content (AvgIpc) is 2.64. The van der Waals surface area contributed by atoms with Crippen molar-refractivity contribution < 1.29 is 27.6 Å². The van der Waals surface area contributed by atoms with E-state index in [1.807, 2.05) is 0 Å². The molecule has 12 heteroatoms. The second kappa shape index (κ2) is 8.95. The highest BCUT2D eigenvalue weighted by Gasteiger charge is 2.32. The van der Waals surface area contributed by atoms with Gasteiger partial charge in [0.05, 0.1) is 27.6 Å². The van der Waals surface area contributed by atoms with Gasteiger partial charge in [-0.15, -0.1) is 0 Å². The Kier molecular flexibility index (Phi) is 6.85. The maximum absolute atomic E-state index is 13.0. The van der Waals surface area contributed by atoms with E-state index in [4.69, 9.17) is 16.3 Å². The van der Waals surface area contributed by atoms with Crippen molar-refractivity contribution in [3.8, 4) is 5.88 Å². The summed E-state index contributed by atoms with van der Waals surface area (Å²) < 4.78 is 44.2. The number of pyridine rings is 1. The molecule has 2 rings (SSSR count). The van der Waals surface area contributed by atoms with Gasteiger partial charge in [-0.05, 0) is 12.1 Å². The molecule has 0 aliphatic rings. The molecule has 0 bridgehead atoms. The molecule has 0 spiro atoms. The molecule has 1 aromatic heterocycles. The first-order valence-electron chi connectivity index (χ1n) is 8.10. The molecule has 0 unspecified atom stereocenters. The van der Waals surface area contributed by atoms with Gasteiger partial charge in [0.15, 0.2) is 0 Å². The van der Waals surface area contributed by atoms with Crippen molar-refractivity contribution in [1.82, 2.24) is 10.3 Å². The van der Waals surface area contributed by atoms with Gasteiger partial charge in [0.1, 0.15) is 12.4 Å². The second-order valence-corrected chi connectivity index (χ2v) is 6.38. The standard InChI is InChI=1S/C17H16ClF3N4O4/c1-24(2)14-7-10(17(19,20)21)8-15(23-14)29-6-5-22-16(26)12-9-11(25(27)28)3-4-13(12)18/h3-4,7-9H,5-6H2,1-2H3,(H,22,26). The minimum Gasteiger partial charge on any atom is -0.476 e. The Morgan fingerprint density at radius 3 is 2.59 bits per heavy atom. The second-order valence-electron chi connectivity index (χ2n) is 5.97. The van der Waals surface area contributed by atoms with E-state index in [9.17, 15) is 28.1 Å². The number of nitrogens with one attached hydrogen (secondary N) is 1. The van der Waals surface area contributed by atoms with Crippen LogP contribution in [0.4, 0.5) is 24.7 Å². The summed E-state index contributed by atoms with van der Waals surface area (Å²) in [5.41, 5.74) is -1.33. The van der Waals surface area contributed by atoms with Crippen LogP contribution in [0.5, 0.6) is 5.88 Å². The van der Waals surface area contributed by atoms with Crippen molar-refractivity contribution in [3.05, 3.63) is 56.6 Å². The molecule has 0 saturated heterocycles. The number of hydrogen-bond donors (Lipinski definition) is 1. The molecule has 29 heavy (non-hydrogen) atoms. The molecule has 0 atom stereocenters. The number of ether oxygens (including phenoxy) is 1. The molecule has 0 aliphatic heterocycles. The number of anilines is 1. The first kappa shape index (κ1) is 22.2. The molecule has 1 N–H and O–H groups in total. The zero-order valence-electron chi connectivity index (χ0n) is 15.3. The topological polar surface area (TPSA) is 97.6 Å². The van der Waals surface area contributed by atoms with Crippen molar-refractivity contribution >= 4 is 29.0 Å². The van der Waals surface area contributed by atoms with E-state index in [1.54, 1.807) is 0 Å². The molecule has 1 heterocycles. The van der Waals surface area contributed by atoms with E-state index in [1.165, 1.54) is 25.1 Å². The minimum atomic E-state index is -4.57. The fourth-order valence-corrected chi connectivity index (χ4v) is 2.38. The Morgan fingerprint density at radius 2 is 2.00 bits per heavy atom. The SMILES string of the molecule is CN(C)c1cc(C(F)(F)F)cc(OCCNC(=O)c2cc([N+](=O)[O-])ccc2Cl)n1. The number of benzene rings is 1. The van der Waals surface area contributed by atoms with E-state index < -0.39 is 22.6 Å². The number of carbonyl (C=O) groups excluding carboxylic acids is 1. The van der Waals surface area contributed by atoms with Crippen LogP contribution in [0, 0.1) is 10.1 Å². The first-order valence-corrected chi connectivity index (χ1v) is 8.48. The largest absolute Gasteiger partial charge is 0.476 e. The van der Waals surface area contributed by atoms with Crippen molar-refractivity contribution in [1.29, 1.82) is 0 Å². The van der Waals surface area contributed by atoms with Crippen LogP contribution in [-0.4, -0.2) is 43.1 Å². The number of nitro groups is 1. The van der Waals surface area contributed by atoms with Gasteiger partial charge in [0, 0.05) is 32.3 Å². The highest BCUT2D eigenvalue weighted by molar-refractivity contribution is 6.33. The molecule has 156 valence electrons. The van der Waals surface area contributed by atoms with Gasteiger partial charge in [-0.2, -0.15) is 18.2 Å². The molecular weight excluding hydrogens is 417 g/mol. The molecular formula is C17H16ClF3N4O4. The van der Waals surface area contributed by atoms with Gasteiger partial charge < -0.3 is 15.0 Å². The van der Waals surface area contributed by atoms with Gasteiger partial charge in [0.2, 0.25) is 5.88 Å². The lowest BCUT2D eigenvalue weighted by Crippen LogP contribution is -2.28. The summed E-state index contributed by atoms with van der Waals surface area (Å²) in [5, 5.41) is 13.2. The monoisotopic (exact) mass is 432 g/mol. The number of non-ortho nitro benzene ring substituents is 1. The summed E-state index contributed by atoms with van der Waals surface area (Å²) in [6, 6.07) is 5.05. The van der Waals surface area contributed by atoms with Crippen LogP contribution < -0.4 is 15.0 Å². The number of nitro benzene ring substituents is 1. The van der Waals surface area contributed by atoms with Crippen molar-refractivity contribution in [2.24, 2.45) is 0 Å². The predicted octanol–water partition coefficient (Wildman–Crippen LogP) is 3.54. The fourth-order valence-electron chi connectivity index (χ4n) is 2.17. The third kappa shape index (κ3) is 5.95. The quantitative estimate of drug-likeness (QED) is 0.408. The van der Waals surface area contributed by atoms with Crippen molar-refractivity contribution in [2.75, 3.05) is 32.1 Å². The molecule has 8 nitrogen and oxygen atoms in total. The number of halogens is 4. The van der Waals surface area contributed by atoms with E-state index in [0.29, 0.717) is 0 Å².